The molecular formula is C14H20FN5O4. The van der Waals surface area contributed by atoms with Crippen molar-refractivity contribution >= 4 is 17.7 Å². The first-order valence-electron chi connectivity index (χ1n) is 7.07. The highest BCUT2D eigenvalue weighted by Gasteiger charge is 2.15. The summed E-state index contributed by atoms with van der Waals surface area (Å²) >= 11 is 0. The minimum absolute atomic E-state index is 0.128. The predicted octanol–water partition coefficient (Wildman–Crippen LogP) is 1.62. The van der Waals surface area contributed by atoms with Crippen LogP contribution in [0.5, 0.6) is 0 Å². The molecule has 0 saturated carbocycles. The van der Waals surface area contributed by atoms with Crippen molar-refractivity contribution in [2.24, 2.45) is 10.7 Å². The Labute approximate surface area is 138 Å². The van der Waals surface area contributed by atoms with Gasteiger partial charge in [-0.15, -0.1) is 0 Å². The van der Waals surface area contributed by atoms with E-state index < -0.39 is 28.5 Å². The molecule has 0 heterocycles. The summed E-state index contributed by atoms with van der Waals surface area (Å²) in [6, 6.07) is 4.02. The average Bonchev–Trinajstić information content (AvgIpc) is 2.38. The van der Waals surface area contributed by atoms with E-state index in [1.54, 1.807) is 26.2 Å². The summed E-state index contributed by atoms with van der Waals surface area (Å²) in [5.74, 6) is -1.02. The Morgan fingerprint density at radius 2 is 2.12 bits per heavy atom. The third-order valence-corrected chi connectivity index (χ3v) is 2.55. The Balaban J connectivity index is 2.59. The molecule has 0 fully saturated rings. The molecule has 132 valence electrons. The van der Waals surface area contributed by atoms with E-state index in [4.69, 9.17) is 10.5 Å². The van der Waals surface area contributed by atoms with Crippen LogP contribution in [0.1, 0.15) is 26.3 Å². The number of aliphatic imine (C=N–C) groups is 1. The van der Waals surface area contributed by atoms with Crippen LogP contribution in [0.3, 0.4) is 0 Å². The standard InChI is InChI=1S/C14H20FN5O4/c1-14(2,3)24-13(21)17-7-6-9-4-5-10(8-11(9)15)18-12(16)19-20(22)23/h4-5,8H,6-7H2,1-3H3,(H,17,21)(H3,16,18,19). The van der Waals surface area contributed by atoms with E-state index in [9.17, 15) is 19.3 Å². The zero-order valence-corrected chi connectivity index (χ0v) is 13.6. The number of alkyl carbamates (subject to hydrolysis) is 1. The van der Waals surface area contributed by atoms with Crippen molar-refractivity contribution in [2.75, 3.05) is 6.54 Å². The summed E-state index contributed by atoms with van der Waals surface area (Å²) in [5.41, 5.74) is 6.80. The first-order valence-corrected chi connectivity index (χ1v) is 7.07. The number of nitrogens with one attached hydrogen (secondary N) is 2. The van der Waals surface area contributed by atoms with Gasteiger partial charge in [-0.1, -0.05) is 11.5 Å². The maximum atomic E-state index is 14.0. The molecule has 24 heavy (non-hydrogen) atoms. The summed E-state index contributed by atoms with van der Waals surface area (Å²) < 4.78 is 19.0. The molecule has 0 unspecified atom stereocenters. The lowest BCUT2D eigenvalue weighted by atomic mass is 10.1. The lowest BCUT2D eigenvalue weighted by Crippen LogP contribution is -2.35. The number of hydrogen-bond donors (Lipinski definition) is 3. The van der Waals surface area contributed by atoms with Crippen LogP contribution >= 0.6 is 0 Å². The largest absolute Gasteiger partial charge is 0.444 e. The minimum atomic E-state index is -0.869. The Bertz CT molecular complexity index is 643. The van der Waals surface area contributed by atoms with Crippen molar-refractivity contribution in [1.82, 2.24) is 10.7 Å². The summed E-state index contributed by atoms with van der Waals surface area (Å²) in [6.07, 6.45) is -0.333. The van der Waals surface area contributed by atoms with E-state index in [-0.39, 0.29) is 18.7 Å². The molecule has 1 aromatic carbocycles. The number of halogens is 1. The topological polar surface area (TPSA) is 132 Å². The fourth-order valence-corrected chi connectivity index (χ4v) is 1.68. The number of benzene rings is 1. The van der Waals surface area contributed by atoms with E-state index >= 15 is 0 Å². The van der Waals surface area contributed by atoms with Gasteiger partial charge < -0.3 is 15.8 Å². The van der Waals surface area contributed by atoms with Gasteiger partial charge in [-0.2, -0.15) is 0 Å². The maximum Gasteiger partial charge on any atom is 0.407 e. The van der Waals surface area contributed by atoms with E-state index in [0.29, 0.717) is 5.56 Å². The average molecular weight is 341 g/mol. The number of nitrogens with two attached hydrogens (primary N) is 1. The summed E-state index contributed by atoms with van der Waals surface area (Å²) in [4.78, 5) is 25.3. The molecule has 1 amide bonds. The molecule has 0 aliphatic rings. The molecule has 9 nitrogen and oxygen atoms in total. The highest BCUT2D eigenvalue weighted by molar-refractivity contribution is 5.79. The second-order valence-electron chi connectivity index (χ2n) is 5.82. The van der Waals surface area contributed by atoms with Crippen molar-refractivity contribution in [3.8, 4) is 0 Å². The first kappa shape index (κ1) is 19.1. The van der Waals surface area contributed by atoms with Crippen LogP contribution < -0.4 is 16.5 Å². The Morgan fingerprint density at radius 1 is 1.46 bits per heavy atom. The van der Waals surface area contributed by atoms with Crippen molar-refractivity contribution in [1.29, 1.82) is 0 Å². The zero-order valence-electron chi connectivity index (χ0n) is 13.6. The Kier molecular flexibility index (Phi) is 6.45. The Morgan fingerprint density at radius 3 is 2.67 bits per heavy atom. The zero-order chi connectivity index (χ0) is 18.3. The van der Waals surface area contributed by atoms with E-state index in [2.05, 4.69) is 10.3 Å². The molecule has 0 aliphatic carbocycles. The molecule has 0 aromatic heterocycles. The van der Waals surface area contributed by atoms with Crippen LogP contribution in [0, 0.1) is 15.9 Å². The highest BCUT2D eigenvalue weighted by atomic mass is 19.1. The van der Waals surface area contributed by atoms with Crippen molar-refractivity contribution in [3.05, 3.63) is 39.7 Å². The monoisotopic (exact) mass is 341 g/mol. The van der Waals surface area contributed by atoms with Gasteiger partial charge >= 0.3 is 6.09 Å². The number of ether oxygens (including phenoxy) is 1. The Hall–Kier alpha value is -2.91. The van der Waals surface area contributed by atoms with Crippen molar-refractivity contribution < 1.29 is 19.0 Å². The molecule has 0 radical (unpaired) electrons. The quantitative estimate of drug-likeness (QED) is 0.323. The SMILES string of the molecule is CC(C)(C)OC(=O)NCCc1ccc(N=C(N)N[N+](=O)[O-])cc1F. The number of nitro groups is 1. The van der Waals surface area contributed by atoms with E-state index in [0.717, 1.165) is 6.07 Å². The van der Waals surface area contributed by atoms with Gasteiger partial charge in [-0.25, -0.2) is 24.3 Å². The third-order valence-electron chi connectivity index (χ3n) is 2.55. The van der Waals surface area contributed by atoms with Gasteiger partial charge in [0.1, 0.15) is 11.4 Å². The lowest BCUT2D eigenvalue weighted by Gasteiger charge is -2.19. The van der Waals surface area contributed by atoms with Gasteiger partial charge in [-0.3, -0.25) is 0 Å². The second kappa shape index (κ2) is 8.09. The van der Waals surface area contributed by atoms with Crippen molar-refractivity contribution in [3.63, 3.8) is 0 Å². The molecule has 4 N–H and O–H groups in total. The van der Waals surface area contributed by atoms with Gasteiger partial charge in [0.05, 0.1) is 5.69 Å². The molecule has 1 rings (SSSR count). The molecular weight excluding hydrogens is 321 g/mol. The second-order valence-corrected chi connectivity index (χ2v) is 5.82. The van der Waals surface area contributed by atoms with Crippen LogP contribution in [0.4, 0.5) is 14.9 Å². The maximum absolute atomic E-state index is 14.0. The molecule has 1 aromatic rings. The number of carbonyl (C=O) groups is 1. The lowest BCUT2D eigenvalue weighted by molar-refractivity contribution is -0.525. The number of hydrogen-bond acceptors (Lipinski definition) is 5. The fourth-order valence-electron chi connectivity index (χ4n) is 1.68. The number of amides is 1. The van der Waals surface area contributed by atoms with Crippen LogP contribution in [0.25, 0.3) is 0 Å². The molecule has 10 heteroatoms. The normalized spacial score (nSPS) is 11.8. The summed E-state index contributed by atoms with van der Waals surface area (Å²) in [7, 11) is 0. The van der Waals surface area contributed by atoms with Crippen LogP contribution in [0.2, 0.25) is 0 Å². The van der Waals surface area contributed by atoms with Crippen LogP contribution in [0.15, 0.2) is 23.2 Å². The smallest absolute Gasteiger partial charge is 0.407 e. The van der Waals surface area contributed by atoms with Gasteiger partial charge in [0, 0.05) is 6.54 Å². The number of guanidine groups is 1. The number of hydrazine groups is 1. The van der Waals surface area contributed by atoms with Crippen LogP contribution in [-0.2, 0) is 11.2 Å². The molecule has 0 bridgehead atoms. The number of carbonyl (C=O) groups excluding carboxylic acids is 1. The van der Waals surface area contributed by atoms with Gasteiger partial charge in [0.25, 0.3) is 5.96 Å². The fraction of sp³-hybridized carbons (Fsp3) is 0.429. The van der Waals surface area contributed by atoms with Crippen LogP contribution in [-0.4, -0.2) is 29.2 Å². The highest BCUT2D eigenvalue weighted by Crippen LogP contribution is 2.17. The number of nitrogens with zero attached hydrogens (tertiary/aromatic N) is 2. The summed E-state index contributed by atoms with van der Waals surface area (Å²) in [6.45, 7) is 5.42. The van der Waals surface area contributed by atoms with E-state index in [1.165, 1.54) is 12.1 Å². The van der Waals surface area contributed by atoms with Crippen molar-refractivity contribution in [2.45, 2.75) is 32.8 Å². The van der Waals surface area contributed by atoms with Gasteiger partial charge in [0.2, 0.25) is 0 Å². The van der Waals surface area contributed by atoms with E-state index in [1.807, 2.05) is 0 Å². The van der Waals surface area contributed by atoms with Gasteiger partial charge in [0.15, 0.2) is 5.03 Å². The first-order chi connectivity index (χ1) is 11.1. The molecule has 0 atom stereocenters. The minimum Gasteiger partial charge on any atom is -0.444 e. The molecule has 0 saturated heterocycles. The third kappa shape index (κ3) is 7.38. The number of rotatable bonds is 5. The molecule has 0 spiro atoms. The van der Waals surface area contributed by atoms with Gasteiger partial charge in [-0.05, 0) is 44.9 Å². The summed E-state index contributed by atoms with van der Waals surface area (Å²) in [5, 5.41) is 11.8. The predicted molar refractivity (Wildman–Crippen MR) is 85.8 cm³/mol. The molecule has 0 aliphatic heterocycles.